The van der Waals surface area contributed by atoms with Crippen molar-refractivity contribution in [2.75, 3.05) is 12.3 Å². The second kappa shape index (κ2) is 5.33. The van der Waals surface area contributed by atoms with Crippen molar-refractivity contribution >= 4 is 23.1 Å². The van der Waals surface area contributed by atoms with Crippen LogP contribution in [0.3, 0.4) is 0 Å². The van der Waals surface area contributed by atoms with Crippen LogP contribution in [0.4, 0.5) is 0 Å². The summed E-state index contributed by atoms with van der Waals surface area (Å²) in [6.45, 7) is 10.2. The Morgan fingerprint density at radius 3 is 2.76 bits per heavy atom. The summed E-state index contributed by atoms with van der Waals surface area (Å²) in [4.78, 5) is 3.16. The van der Waals surface area contributed by atoms with Gasteiger partial charge in [-0.05, 0) is 35.8 Å². The molecule has 0 aromatic carbocycles. The Morgan fingerprint density at radius 2 is 2.18 bits per heavy atom. The highest BCUT2D eigenvalue weighted by Crippen LogP contribution is 2.40. The van der Waals surface area contributed by atoms with E-state index >= 15 is 0 Å². The van der Waals surface area contributed by atoms with Crippen LogP contribution in [0.25, 0.3) is 0 Å². The first kappa shape index (κ1) is 13.4. The molecule has 0 radical (unpaired) electrons. The number of rotatable bonds is 3. The minimum absolute atomic E-state index is 0.288. The number of thiophene rings is 1. The number of fused-ring (bicyclic) bond motifs is 1. The van der Waals surface area contributed by atoms with Gasteiger partial charge in [-0.1, -0.05) is 27.7 Å². The van der Waals surface area contributed by atoms with Crippen molar-refractivity contribution in [2.45, 2.75) is 45.9 Å². The third-order valence-corrected chi connectivity index (χ3v) is 5.52. The summed E-state index contributed by atoms with van der Waals surface area (Å²) in [6.07, 6.45) is 1.27. The average molecular weight is 269 g/mol. The van der Waals surface area contributed by atoms with E-state index in [1.54, 1.807) is 10.4 Å². The van der Waals surface area contributed by atoms with Gasteiger partial charge in [0, 0.05) is 21.5 Å². The summed E-state index contributed by atoms with van der Waals surface area (Å²) in [5.41, 5.74) is 1.88. The Labute approximate surface area is 113 Å². The van der Waals surface area contributed by atoms with E-state index in [0.717, 1.165) is 6.54 Å². The second-order valence-electron chi connectivity index (χ2n) is 5.76. The molecular formula is C14H23NS2. The summed E-state index contributed by atoms with van der Waals surface area (Å²) in [5.74, 6) is 2.52. The summed E-state index contributed by atoms with van der Waals surface area (Å²) >= 11 is 4.10. The first-order valence-electron chi connectivity index (χ1n) is 6.45. The van der Waals surface area contributed by atoms with Gasteiger partial charge in [-0.25, -0.2) is 0 Å². The molecule has 0 saturated heterocycles. The zero-order valence-electron chi connectivity index (χ0n) is 11.3. The summed E-state index contributed by atoms with van der Waals surface area (Å²) < 4.78 is 0. The Kier molecular flexibility index (Phi) is 4.22. The van der Waals surface area contributed by atoms with Crippen LogP contribution in [0.5, 0.6) is 0 Å². The molecule has 0 spiro atoms. The normalized spacial score (nSPS) is 17.9. The van der Waals surface area contributed by atoms with E-state index in [4.69, 9.17) is 0 Å². The van der Waals surface area contributed by atoms with Crippen molar-refractivity contribution in [1.82, 2.24) is 5.32 Å². The molecule has 96 valence electrons. The van der Waals surface area contributed by atoms with E-state index in [2.05, 4.69) is 50.8 Å². The van der Waals surface area contributed by atoms with Crippen LogP contribution in [0.1, 0.15) is 49.1 Å². The molecule has 1 aliphatic heterocycles. The van der Waals surface area contributed by atoms with E-state index in [9.17, 15) is 0 Å². The molecule has 1 aromatic heterocycles. The molecule has 17 heavy (non-hydrogen) atoms. The summed E-state index contributed by atoms with van der Waals surface area (Å²) in [5, 5.41) is 3.65. The van der Waals surface area contributed by atoms with Crippen molar-refractivity contribution < 1.29 is 0 Å². The van der Waals surface area contributed by atoms with Gasteiger partial charge < -0.3 is 5.32 Å². The van der Waals surface area contributed by atoms with Crippen LogP contribution in [0.2, 0.25) is 0 Å². The summed E-state index contributed by atoms with van der Waals surface area (Å²) in [6, 6.07) is 2.94. The van der Waals surface area contributed by atoms with Crippen molar-refractivity contribution in [1.29, 1.82) is 0 Å². The molecule has 0 aliphatic carbocycles. The van der Waals surface area contributed by atoms with E-state index in [-0.39, 0.29) is 5.41 Å². The fourth-order valence-electron chi connectivity index (χ4n) is 2.35. The number of nitrogens with one attached hydrogen (secondary N) is 1. The van der Waals surface area contributed by atoms with Gasteiger partial charge >= 0.3 is 0 Å². The minimum Gasteiger partial charge on any atom is -0.309 e. The lowest BCUT2D eigenvalue weighted by molar-refractivity contribution is 0.280. The number of hydrogen-bond acceptors (Lipinski definition) is 3. The van der Waals surface area contributed by atoms with Crippen LogP contribution in [0.15, 0.2) is 6.07 Å². The van der Waals surface area contributed by atoms with Crippen LogP contribution in [-0.4, -0.2) is 12.3 Å². The average Bonchev–Trinajstić information content (AvgIpc) is 2.67. The van der Waals surface area contributed by atoms with Gasteiger partial charge in [0.2, 0.25) is 0 Å². The Hall–Kier alpha value is 0.01000. The zero-order valence-corrected chi connectivity index (χ0v) is 12.9. The zero-order chi connectivity index (χ0) is 12.5. The smallest absolute Gasteiger partial charge is 0.0464 e. The lowest BCUT2D eigenvalue weighted by atomic mass is 9.85. The molecule has 2 heterocycles. The molecule has 1 aromatic rings. The number of aryl methyl sites for hydroxylation is 1. The molecule has 0 amide bonds. The maximum absolute atomic E-state index is 3.65. The molecule has 1 nitrogen and oxygen atoms in total. The highest BCUT2D eigenvalue weighted by atomic mass is 32.2. The van der Waals surface area contributed by atoms with Gasteiger partial charge in [0.05, 0.1) is 0 Å². The molecule has 2 rings (SSSR count). The van der Waals surface area contributed by atoms with Crippen molar-refractivity contribution in [3.05, 3.63) is 21.4 Å². The molecule has 1 N–H and O–H groups in total. The van der Waals surface area contributed by atoms with Crippen molar-refractivity contribution in [3.8, 4) is 0 Å². The topological polar surface area (TPSA) is 12.0 Å². The minimum atomic E-state index is 0.288. The van der Waals surface area contributed by atoms with E-state index in [1.165, 1.54) is 22.8 Å². The molecular weight excluding hydrogens is 246 g/mol. The molecule has 0 fully saturated rings. The quantitative estimate of drug-likeness (QED) is 0.881. The first-order valence-corrected chi connectivity index (χ1v) is 8.42. The lowest BCUT2D eigenvalue weighted by Crippen LogP contribution is -2.31. The molecule has 0 bridgehead atoms. The maximum Gasteiger partial charge on any atom is 0.0464 e. The van der Waals surface area contributed by atoms with Gasteiger partial charge in [0.15, 0.2) is 0 Å². The molecule has 1 aliphatic rings. The van der Waals surface area contributed by atoms with Gasteiger partial charge in [0.25, 0.3) is 0 Å². The Morgan fingerprint density at radius 1 is 1.41 bits per heavy atom. The maximum atomic E-state index is 3.65. The monoisotopic (exact) mass is 269 g/mol. The van der Waals surface area contributed by atoms with Gasteiger partial charge in [-0.3, -0.25) is 0 Å². The standard InChI is InChI=1S/C14H23NS2/c1-5-15-13(14(2,3)4)12-8-10-9-16-7-6-11(10)17-12/h8,13,15H,5-7,9H2,1-4H3. The summed E-state index contributed by atoms with van der Waals surface area (Å²) in [7, 11) is 0. The third-order valence-electron chi connectivity index (χ3n) is 3.21. The highest BCUT2D eigenvalue weighted by molar-refractivity contribution is 7.98. The first-order chi connectivity index (χ1) is 8.02. The lowest BCUT2D eigenvalue weighted by Gasteiger charge is -2.30. The van der Waals surface area contributed by atoms with Gasteiger partial charge in [0.1, 0.15) is 0 Å². The molecule has 1 atom stereocenters. The van der Waals surface area contributed by atoms with E-state index in [1.807, 2.05) is 11.3 Å². The fraction of sp³-hybridized carbons (Fsp3) is 0.714. The molecule has 0 saturated carbocycles. The Bertz CT molecular complexity index is 353. The number of hydrogen-bond donors (Lipinski definition) is 1. The third kappa shape index (κ3) is 3.07. The van der Waals surface area contributed by atoms with Crippen molar-refractivity contribution in [3.63, 3.8) is 0 Å². The largest absolute Gasteiger partial charge is 0.309 e. The van der Waals surface area contributed by atoms with Gasteiger partial charge in [-0.15, -0.1) is 11.3 Å². The fourth-order valence-corrected chi connectivity index (χ4v) is 5.05. The number of thioether (sulfide) groups is 1. The predicted molar refractivity (Wildman–Crippen MR) is 80.1 cm³/mol. The highest BCUT2D eigenvalue weighted by Gasteiger charge is 2.28. The molecule has 3 heteroatoms. The Balaban J connectivity index is 2.27. The second-order valence-corrected chi connectivity index (χ2v) is 8.03. The van der Waals surface area contributed by atoms with E-state index < -0.39 is 0 Å². The van der Waals surface area contributed by atoms with E-state index in [0.29, 0.717) is 6.04 Å². The van der Waals surface area contributed by atoms with Crippen LogP contribution < -0.4 is 5.32 Å². The van der Waals surface area contributed by atoms with Gasteiger partial charge in [-0.2, -0.15) is 11.8 Å². The SMILES string of the molecule is CCNC(c1cc2c(s1)CCSC2)C(C)(C)C. The van der Waals surface area contributed by atoms with Crippen LogP contribution in [-0.2, 0) is 12.2 Å². The van der Waals surface area contributed by atoms with Crippen molar-refractivity contribution in [2.24, 2.45) is 5.41 Å². The predicted octanol–water partition coefficient (Wildman–Crippen LogP) is 4.23. The van der Waals surface area contributed by atoms with Crippen LogP contribution >= 0.6 is 23.1 Å². The van der Waals surface area contributed by atoms with Crippen LogP contribution in [0, 0.1) is 5.41 Å². The molecule has 1 unspecified atom stereocenters.